The van der Waals surface area contributed by atoms with E-state index in [2.05, 4.69) is 39.8 Å². The van der Waals surface area contributed by atoms with Crippen LogP contribution in [0.4, 0.5) is 0 Å². The average Bonchev–Trinajstić information content (AvgIpc) is 3.22. The van der Waals surface area contributed by atoms with Gasteiger partial charge < -0.3 is 9.11 Å². The van der Waals surface area contributed by atoms with Gasteiger partial charge in [-0.1, -0.05) is 217 Å². The Morgan fingerprint density at radius 2 is 0.590 bits per heavy atom. The molecule has 0 unspecified atom stereocenters. The molecular weight excluding hydrogens is 825 g/mol. The molecule has 0 bridgehead atoms. The van der Waals surface area contributed by atoms with Crippen molar-refractivity contribution in [3.8, 4) is 0 Å². The van der Waals surface area contributed by atoms with Crippen molar-refractivity contribution in [2.24, 2.45) is 0 Å². The fourth-order valence-electron chi connectivity index (χ4n) is 8.68. The quantitative estimate of drug-likeness (QED) is 0.0292. The maximum atomic E-state index is 12.2. The first-order valence-electron chi connectivity index (χ1n) is 24.0. The molecule has 336 valence electrons. The molecule has 0 amide bonds. The molecule has 61 heavy (non-hydrogen) atoms. The smallest absolute Gasteiger partial charge is 0.744 e. The minimum atomic E-state index is -4.51. The van der Waals surface area contributed by atoms with Crippen molar-refractivity contribution in [1.82, 2.24) is 0 Å². The molecule has 4 rings (SSSR count). The van der Waals surface area contributed by atoms with Gasteiger partial charge in [-0.2, -0.15) is 0 Å². The van der Waals surface area contributed by atoms with Crippen LogP contribution in [-0.4, -0.2) is 63.7 Å². The fourth-order valence-corrected chi connectivity index (χ4v) is 10.6. The standard InChI is InChI=1S/2C26H40O3S.Ca/c2*1-3-5-7-9-11-13-16-22-18-15-19-25-24(22)21-20-23(26(25)30(27,28)29)17-14-12-10-8-6-4-2;/h2*15,18-21H,3-14,16-17H2,1-2H3,(H,27,28,29);/q;;+2/p-2. The van der Waals surface area contributed by atoms with E-state index in [0.717, 1.165) is 73.3 Å². The zero-order valence-corrected chi connectivity index (χ0v) is 42.4. The SMILES string of the molecule is CCCCCCCCc1ccc2c(CCCCCCCC)cccc2c1S(=O)(=O)[O-].CCCCCCCCc1ccc2c(CCCCCCCC)cccc2c1S(=O)(=O)[O-].[Ca+2]. The van der Waals surface area contributed by atoms with Crippen LogP contribution in [-0.2, 0) is 45.9 Å². The maximum Gasteiger partial charge on any atom is 2.00 e. The largest absolute Gasteiger partial charge is 2.00 e. The summed E-state index contributed by atoms with van der Waals surface area (Å²) in [6.07, 6.45) is 31.6. The van der Waals surface area contributed by atoms with Gasteiger partial charge in [0.15, 0.2) is 0 Å². The second-order valence-electron chi connectivity index (χ2n) is 17.1. The Morgan fingerprint density at radius 1 is 0.328 bits per heavy atom. The van der Waals surface area contributed by atoms with Crippen LogP contribution in [0.5, 0.6) is 0 Å². The Hall–Kier alpha value is -1.52. The van der Waals surface area contributed by atoms with E-state index in [1.165, 1.54) is 116 Å². The normalized spacial score (nSPS) is 11.8. The van der Waals surface area contributed by atoms with Gasteiger partial charge in [0.05, 0.1) is 9.79 Å². The van der Waals surface area contributed by atoms with Crippen molar-refractivity contribution in [1.29, 1.82) is 0 Å². The van der Waals surface area contributed by atoms with Gasteiger partial charge in [0.2, 0.25) is 0 Å². The predicted octanol–water partition coefficient (Wildman–Crippen LogP) is 14.7. The van der Waals surface area contributed by atoms with Crippen LogP contribution in [0.1, 0.15) is 204 Å². The van der Waals surface area contributed by atoms with E-state index in [4.69, 9.17) is 0 Å². The van der Waals surface area contributed by atoms with E-state index >= 15 is 0 Å². The molecular formula is C52H78CaO6S2. The molecule has 0 saturated heterocycles. The Bertz CT molecular complexity index is 1900. The minimum absolute atomic E-state index is 0. The number of aryl methyl sites for hydroxylation is 4. The minimum Gasteiger partial charge on any atom is -0.744 e. The van der Waals surface area contributed by atoms with Crippen molar-refractivity contribution in [2.45, 2.75) is 217 Å². The molecule has 0 heterocycles. The van der Waals surface area contributed by atoms with Gasteiger partial charge >= 0.3 is 37.7 Å². The summed E-state index contributed by atoms with van der Waals surface area (Å²) in [5.41, 5.74) is 3.67. The van der Waals surface area contributed by atoms with E-state index in [-0.39, 0.29) is 47.5 Å². The molecule has 0 aliphatic heterocycles. The van der Waals surface area contributed by atoms with Gasteiger partial charge in [-0.3, -0.25) is 0 Å². The summed E-state index contributed by atoms with van der Waals surface area (Å²) in [6, 6.07) is 19.4. The molecule has 0 aromatic heterocycles. The van der Waals surface area contributed by atoms with Gasteiger partial charge in [0.25, 0.3) is 0 Å². The molecule has 0 fully saturated rings. The van der Waals surface area contributed by atoms with Gasteiger partial charge in [0, 0.05) is 0 Å². The molecule has 0 spiro atoms. The van der Waals surface area contributed by atoms with Crippen LogP contribution < -0.4 is 0 Å². The van der Waals surface area contributed by atoms with Crippen molar-refractivity contribution in [2.75, 3.05) is 0 Å². The van der Waals surface area contributed by atoms with Crippen molar-refractivity contribution in [3.05, 3.63) is 82.9 Å². The Morgan fingerprint density at radius 3 is 0.869 bits per heavy atom. The Labute approximate surface area is 402 Å². The fraction of sp³-hybridized carbons (Fsp3) is 0.615. The number of unbranched alkanes of at least 4 members (excludes halogenated alkanes) is 20. The second kappa shape index (κ2) is 31.4. The molecule has 4 aromatic rings. The summed E-state index contributed by atoms with van der Waals surface area (Å²) in [7, 11) is -9.03. The third-order valence-corrected chi connectivity index (χ3v) is 14.0. The van der Waals surface area contributed by atoms with E-state index < -0.39 is 20.2 Å². The molecule has 0 aliphatic carbocycles. The van der Waals surface area contributed by atoms with Gasteiger partial charge in [-0.15, -0.1) is 0 Å². The molecule has 6 nitrogen and oxygen atoms in total. The summed E-state index contributed by atoms with van der Waals surface area (Å²) >= 11 is 0. The predicted molar refractivity (Wildman–Crippen MR) is 258 cm³/mol. The number of rotatable bonds is 30. The van der Waals surface area contributed by atoms with Crippen molar-refractivity contribution in [3.63, 3.8) is 0 Å². The zero-order chi connectivity index (χ0) is 43.6. The van der Waals surface area contributed by atoms with Crippen LogP contribution in [0, 0.1) is 0 Å². The molecule has 0 aliphatic rings. The van der Waals surface area contributed by atoms with Gasteiger partial charge in [-0.25, -0.2) is 16.8 Å². The van der Waals surface area contributed by atoms with Crippen LogP contribution in [0.25, 0.3) is 21.5 Å². The second-order valence-corrected chi connectivity index (χ2v) is 19.7. The Balaban J connectivity index is 0.000000413. The third-order valence-electron chi connectivity index (χ3n) is 12.1. The first-order valence-corrected chi connectivity index (χ1v) is 26.8. The number of hydrogen-bond acceptors (Lipinski definition) is 6. The third kappa shape index (κ3) is 20.0. The Kier molecular flexibility index (Phi) is 28.6. The molecule has 0 saturated carbocycles. The number of hydrogen-bond donors (Lipinski definition) is 0. The summed E-state index contributed by atoms with van der Waals surface area (Å²) in [5, 5.41) is 3.06. The van der Waals surface area contributed by atoms with Gasteiger partial charge in [-0.05, 0) is 95.2 Å². The topological polar surface area (TPSA) is 114 Å². The summed E-state index contributed by atoms with van der Waals surface area (Å²) in [6.45, 7) is 8.83. The first-order chi connectivity index (χ1) is 29.0. The van der Waals surface area contributed by atoms with Crippen LogP contribution in [0.15, 0.2) is 70.5 Å². The van der Waals surface area contributed by atoms with Gasteiger partial charge in [0.1, 0.15) is 20.2 Å². The average molecular weight is 903 g/mol. The first kappa shape index (κ1) is 55.6. The molecule has 0 atom stereocenters. The molecule has 0 radical (unpaired) electrons. The summed E-state index contributed by atoms with van der Waals surface area (Å²) in [5.74, 6) is 0. The zero-order valence-electron chi connectivity index (χ0n) is 38.5. The van der Waals surface area contributed by atoms with E-state index in [1.54, 1.807) is 12.1 Å². The summed E-state index contributed by atoms with van der Waals surface area (Å²) < 4.78 is 72.9. The molecule has 4 aromatic carbocycles. The molecule has 9 heteroatoms. The van der Waals surface area contributed by atoms with Crippen LogP contribution in [0.3, 0.4) is 0 Å². The van der Waals surface area contributed by atoms with Crippen LogP contribution in [0.2, 0.25) is 0 Å². The van der Waals surface area contributed by atoms with E-state index in [1.807, 2.05) is 36.4 Å². The van der Waals surface area contributed by atoms with E-state index in [0.29, 0.717) is 34.7 Å². The summed E-state index contributed by atoms with van der Waals surface area (Å²) in [4.78, 5) is 0.0247. The number of fused-ring (bicyclic) bond motifs is 2. The maximum absolute atomic E-state index is 12.2. The van der Waals surface area contributed by atoms with Crippen molar-refractivity contribution < 1.29 is 25.9 Å². The van der Waals surface area contributed by atoms with E-state index in [9.17, 15) is 25.9 Å². The number of benzene rings is 4. The van der Waals surface area contributed by atoms with Crippen molar-refractivity contribution >= 4 is 79.5 Å². The molecule has 0 N–H and O–H groups in total. The monoisotopic (exact) mass is 902 g/mol. The van der Waals surface area contributed by atoms with Crippen LogP contribution >= 0.6 is 0 Å².